The highest BCUT2D eigenvalue weighted by Crippen LogP contribution is 2.10. The number of carbonyl (C=O) groups excluding carboxylic acids is 1. The molecule has 4 nitrogen and oxygen atoms in total. The van der Waals surface area contributed by atoms with E-state index in [2.05, 4.69) is 29.3 Å². The van der Waals surface area contributed by atoms with E-state index < -0.39 is 0 Å². The van der Waals surface area contributed by atoms with E-state index in [0.29, 0.717) is 13.1 Å². The topological polar surface area (TPSA) is 41.6 Å². The molecule has 110 valence electrons. The molecule has 1 aromatic carbocycles. The number of nitrogens with one attached hydrogen (secondary N) is 1. The molecule has 20 heavy (non-hydrogen) atoms. The molecule has 0 aliphatic carbocycles. The lowest BCUT2D eigenvalue weighted by atomic mass is 10.2. The SMILES string of the molecule is CCN(CC(=O)NCC1CCCO1)Cc1ccccc1. The highest BCUT2D eigenvalue weighted by molar-refractivity contribution is 5.78. The Balaban J connectivity index is 1.72. The molecule has 4 heteroatoms. The average Bonchev–Trinajstić information content (AvgIpc) is 2.99. The van der Waals surface area contributed by atoms with E-state index >= 15 is 0 Å². The van der Waals surface area contributed by atoms with Crippen LogP contribution >= 0.6 is 0 Å². The summed E-state index contributed by atoms with van der Waals surface area (Å²) in [6, 6.07) is 10.2. The quantitative estimate of drug-likeness (QED) is 0.826. The number of hydrogen-bond acceptors (Lipinski definition) is 3. The second-order valence-corrected chi connectivity index (χ2v) is 5.23. The minimum Gasteiger partial charge on any atom is -0.376 e. The Hall–Kier alpha value is -1.39. The zero-order valence-electron chi connectivity index (χ0n) is 12.2. The van der Waals surface area contributed by atoms with Crippen molar-refractivity contribution in [2.24, 2.45) is 0 Å². The maximum absolute atomic E-state index is 12.0. The molecule has 1 unspecified atom stereocenters. The van der Waals surface area contributed by atoms with E-state index in [1.54, 1.807) is 0 Å². The molecule has 0 radical (unpaired) electrons. The summed E-state index contributed by atoms with van der Waals surface area (Å²) in [7, 11) is 0. The molecule has 0 bridgehead atoms. The van der Waals surface area contributed by atoms with Crippen molar-refractivity contribution in [1.82, 2.24) is 10.2 Å². The molecule has 1 saturated heterocycles. The highest BCUT2D eigenvalue weighted by atomic mass is 16.5. The predicted molar refractivity (Wildman–Crippen MR) is 79.4 cm³/mol. The molecule has 1 atom stereocenters. The molecular formula is C16H24N2O2. The van der Waals surface area contributed by atoms with Gasteiger partial charge in [0.25, 0.3) is 0 Å². The monoisotopic (exact) mass is 276 g/mol. The first-order chi connectivity index (χ1) is 9.78. The number of benzene rings is 1. The van der Waals surface area contributed by atoms with E-state index in [-0.39, 0.29) is 12.0 Å². The van der Waals surface area contributed by atoms with E-state index in [4.69, 9.17) is 4.74 Å². The fourth-order valence-corrected chi connectivity index (χ4v) is 2.41. The predicted octanol–water partition coefficient (Wildman–Crippen LogP) is 1.80. The van der Waals surface area contributed by atoms with Gasteiger partial charge in [-0.1, -0.05) is 37.3 Å². The van der Waals surface area contributed by atoms with Crippen LogP contribution in [0, 0.1) is 0 Å². The van der Waals surface area contributed by atoms with Crippen LogP contribution in [0.1, 0.15) is 25.3 Å². The molecule has 0 spiro atoms. The molecule has 2 rings (SSSR count). The number of likely N-dealkylation sites (N-methyl/N-ethyl adjacent to an activating group) is 1. The number of amides is 1. The minimum atomic E-state index is 0.0817. The van der Waals surface area contributed by atoms with Crippen LogP contribution in [0.2, 0.25) is 0 Å². The molecule has 1 heterocycles. The van der Waals surface area contributed by atoms with Gasteiger partial charge in [0.15, 0.2) is 0 Å². The van der Waals surface area contributed by atoms with Crippen LogP contribution in [0.15, 0.2) is 30.3 Å². The normalized spacial score (nSPS) is 18.4. The summed E-state index contributed by atoms with van der Waals surface area (Å²) in [6.07, 6.45) is 2.38. The maximum atomic E-state index is 12.0. The summed E-state index contributed by atoms with van der Waals surface area (Å²) >= 11 is 0. The fraction of sp³-hybridized carbons (Fsp3) is 0.562. The molecule has 1 aliphatic rings. The van der Waals surface area contributed by atoms with Gasteiger partial charge >= 0.3 is 0 Å². The zero-order valence-corrected chi connectivity index (χ0v) is 12.2. The number of carbonyl (C=O) groups is 1. The molecule has 1 N–H and O–H groups in total. The van der Waals surface area contributed by atoms with Gasteiger partial charge in [-0.15, -0.1) is 0 Å². The van der Waals surface area contributed by atoms with E-state index in [9.17, 15) is 4.79 Å². The lowest BCUT2D eigenvalue weighted by molar-refractivity contribution is -0.122. The standard InChI is InChI=1S/C16H24N2O2/c1-2-18(12-14-7-4-3-5-8-14)13-16(19)17-11-15-9-6-10-20-15/h3-5,7-8,15H,2,6,9-13H2,1H3,(H,17,19). The minimum absolute atomic E-state index is 0.0817. The molecule has 0 aromatic heterocycles. The van der Waals surface area contributed by atoms with E-state index in [1.165, 1.54) is 5.56 Å². The summed E-state index contributed by atoms with van der Waals surface area (Å²) < 4.78 is 5.50. The summed E-state index contributed by atoms with van der Waals surface area (Å²) in [6.45, 7) is 5.67. The summed E-state index contributed by atoms with van der Waals surface area (Å²) in [5.74, 6) is 0.0817. The van der Waals surface area contributed by atoms with Gasteiger partial charge in [0.05, 0.1) is 12.6 Å². The van der Waals surface area contributed by atoms with Crippen molar-refractivity contribution >= 4 is 5.91 Å². The van der Waals surface area contributed by atoms with Crippen LogP contribution in [-0.4, -0.2) is 43.2 Å². The van der Waals surface area contributed by atoms with Crippen LogP contribution in [0.3, 0.4) is 0 Å². The third-order valence-corrected chi connectivity index (χ3v) is 3.61. The van der Waals surface area contributed by atoms with Gasteiger partial charge in [0.1, 0.15) is 0 Å². The second kappa shape index (κ2) is 8.02. The Kier molecular flexibility index (Phi) is 6.02. The number of rotatable bonds is 7. The van der Waals surface area contributed by atoms with Crippen LogP contribution < -0.4 is 5.32 Å². The fourth-order valence-electron chi connectivity index (χ4n) is 2.41. The third-order valence-electron chi connectivity index (χ3n) is 3.61. The van der Waals surface area contributed by atoms with Gasteiger partial charge in [0, 0.05) is 19.7 Å². The first kappa shape index (κ1) is 15.0. The van der Waals surface area contributed by atoms with Crippen LogP contribution in [0.5, 0.6) is 0 Å². The molecule has 1 amide bonds. The van der Waals surface area contributed by atoms with Gasteiger partial charge < -0.3 is 10.1 Å². The summed E-state index contributed by atoms with van der Waals surface area (Å²) in [5, 5.41) is 2.97. The summed E-state index contributed by atoms with van der Waals surface area (Å²) in [4.78, 5) is 14.1. The van der Waals surface area contributed by atoms with Crippen molar-refractivity contribution in [3.8, 4) is 0 Å². The van der Waals surface area contributed by atoms with Gasteiger partial charge in [-0.2, -0.15) is 0 Å². The van der Waals surface area contributed by atoms with E-state index in [0.717, 1.165) is 32.5 Å². The summed E-state index contributed by atoms with van der Waals surface area (Å²) in [5.41, 5.74) is 1.24. The highest BCUT2D eigenvalue weighted by Gasteiger charge is 2.17. The Bertz CT molecular complexity index is 402. The molecule has 1 fully saturated rings. The smallest absolute Gasteiger partial charge is 0.234 e. The third kappa shape index (κ3) is 4.94. The first-order valence-electron chi connectivity index (χ1n) is 7.42. The number of hydrogen-bond donors (Lipinski definition) is 1. The van der Waals surface area contributed by atoms with Crippen molar-refractivity contribution in [2.45, 2.75) is 32.4 Å². The van der Waals surface area contributed by atoms with Crippen molar-refractivity contribution < 1.29 is 9.53 Å². The van der Waals surface area contributed by atoms with Crippen molar-refractivity contribution in [3.63, 3.8) is 0 Å². The second-order valence-electron chi connectivity index (χ2n) is 5.23. The van der Waals surface area contributed by atoms with Gasteiger partial charge in [0.2, 0.25) is 5.91 Å². The molecular weight excluding hydrogens is 252 g/mol. The van der Waals surface area contributed by atoms with Gasteiger partial charge in [-0.3, -0.25) is 9.69 Å². The van der Waals surface area contributed by atoms with Crippen LogP contribution in [-0.2, 0) is 16.1 Å². The van der Waals surface area contributed by atoms with Crippen molar-refractivity contribution in [3.05, 3.63) is 35.9 Å². The number of ether oxygens (including phenoxy) is 1. The first-order valence-corrected chi connectivity index (χ1v) is 7.42. The Morgan fingerprint density at radius 1 is 1.40 bits per heavy atom. The zero-order chi connectivity index (χ0) is 14.2. The Labute approximate surface area is 121 Å². The Morgan fingerprint density at radius 3 is 2.85 bits per heavy atom. The lowest BCUT2D eigenvalue weighted by Gasteiger charge is -2.20. The molecule has 1 aliphatic heterocycles. The lowest BCUT2D eigenvalue weighted by Crippen LogP contribution is -2.39. The van der Waals surface area contributed by atoms with Crippen LogP contribution in [0.25, 0.3) is 0 Å². The van der Waals surface area contributed by atoms with E-state index in [1.807, 2.05) is 18.2 Å². The van der Waals surface area contributed by atoms with Gasteiger partial charge in [-0.05, 0) is 24.9 Å². The van der Waals surface area contributed by atoms with Crippen molar-refractivity contribution in [1.29, 1.82) is 0 Å². The largest absolute Gasteiger partial charge is 0.376 e. The van der Waals surface area contributed by atoms with Crippen molar-refractivity contribution in [2.75, 3.05) is 26.2 Å². The van der Waals surface area contributed by atoms with Crippen LogP contribution in [0.4, 0.5) is 0 Å². The van der Waals surface area contributed by atoms with Gasteiger partial charge in [-0.25, -0.2) is 0 Å². The maximum Gasteiger partial charge on any atom is 0.234 e. The molecule has 1 aromatic rings. The average molecular weight is 276 g/mol. The number of nitrogens with zero attached hydrogens (tertiary/aromatic N) is 1. The Morgan fingerprint density at radius 2 is 2.20 bits per heavy atom. The molecule has 0 saturated carbocycles.